The number of amides is 1. The number of nitrogens with one attached hydrogen (secondary N) is 2. The summed E-state index contributed by atoms with van der Waals surface area (Å²) in [5.41, 5.74) is 0.0579. The smallest absolute Gasteiger partial charge is 0.220 e. The Labute approximate surface area is 167 Å². The van der Waals surface area contributed by atoms with Crippen LogP contribution in [0.4, 0.5) is 0 Å². The molecule has 2 unspecified atom stereocenters. The summed E-state index contributed by atoms with van der Waals surface area (Å²) in [6, 6.07) is 0. The maximum absolute atomic E-state index is 12.3. The fourth-order valence-corrected chi connectivity index (χ4v) is 4.11. The van der Waals surface area contributed by atoms with Crippen molar-refractivity contribution in [3.8, 4) is 0 Å². The molecule has 4 nitrogen and oxygen atoms in total. The van der Waals surface area contributed by atoms with Crippen molar-refractivity contribution in [2.75, 3.05) is 32.7 Å². The van der Waals surface area contributed by atoms with Crippen molar-refractivity contribution in [3.63, 3.8) is 0 Å². The number of hydrogen-bond acceptors (Lipinski definition) is 3. The van der Waals surface area contributed by atoms with Gasteiger partial charge >= 0.3 is 0 Å². The van der Waals surface area contributed by atoms with Gasteiger partial charge in [0.25, 0.3) is 0 Å². The first-order valence-electron chi connectivity index (χ1n) is 9.61. The van der Waals surface area contributed by atoms with Crippen LogP contribution in [0.5, 0.6) is 0 Å². The summed E-state index contributed by atoms with van der Waals surface area (Å²) >= 11 is 0. The third kappa shape index (κ3) is 8.03. The molecule has 2 atom stereocenters. The van der Waals surface area contributed by atoms with E-state index in [0.717, 1.165) is 32.1 Å². The standard InChI is InChI=1S/C19H37N3O.2ClH/c1-15-6-5-11-22(13-15)19(3,4)14-21-18(23)12-16(2)17-7-9-20-10-8-17;;/h15-17,20H,5-14H2,1-4H3,(H,21,23);2*1H. The van der Waals surface area contributed by atoms with E-state index in [2.05, 4.69) is 43.2 Å². The minimum absolute atomic E-state index is 0. The summed E-state index contributed by atoms with van der Waals surface area (Å²) < 4.78 is 0. The fourth-order valence-electron chi connectivity index (χ4n) is 4.11. The SMILES string of the molecule is CC1CCCN(C(C)(C)CNC(=O)CC(C)C2CCNCC2)C1.Cl.Cl. The number of carbonyl (C=O) groups is 1. The van der Waals surface area contributed by atoms with E-state index in [1.54, 1.807) is 0 Å². The topological polar surface area (TPSA) is 44.4 Å². The van der Waals surface area contributed by atoms with Crippen molar-refractivity contribution < 1.29 is 4.79 Å². The van der Waals surface area contributed by atoms with E-state index in [-0.39, 0.29) is 36.3 Å². The Morgan fingerprint density at radius 3 is 2.48 bits per heavy atom. The maximum Gasteiger partial charge on any atom is 0.220 e. The molecule has 0 saturated carbocycles. The molecule has 2 saturated heterocycles. The van der Waals surface area contributed by atoms with E-state index in [0.29, 0.717) is 18.3 Å². The number of halogens is 2. The van der Waals surface area contributed by atoms with E-state index >= 15 is 0 Å². The predicted octanol–water partition coefficient (Wildman–Crippen LogP) is 3.48. The normalized spacial score (nSPS) is 23.9. The Morgan fingerprint density at radius 1 is 1.24 bits per heavy atom. The van der Waals surface area contributed by atoms with Gasteiger partial charge in [-0.15, -0.1) is 24.8 Å². The zero-order valence-corrected chi connectivity index (χ0v) is 18.1. The van der Waals surface area contributed by atoms with Crippen LogP contribution in [0.15, 0.2) is 0 Å². The number of rotatable bonds is 6. The molecule has 1 amide bonds. The van der Waals surface area contributed by atoms with Crippen LogP contribution >= 0.6 is 24.8 Å². The van der Waals surface area contributed by atoms with Crippen molar-refractivity contribution in [2.45, 2.75) is 65.3 Å². The number of carbonyl (C=O) groups excluding carboxylic acids is 1. The van der Waals surface area contributed by atoms with Gasteiger partial charge in [-0.3, -0.25) is 9.69 Å². The molecule has 0 spiro atoms. The van der Waals surface area contributed by atoms with Crippen molar-refractivity contribution in [1.29, 1.82) is 0 Å². The van der Waals surface area contributed by atoms with Crippen LogP contribution in [0.25, 0.3) is 0 Å². The molecular weight excluding hydrogens is 357 g/mol. The molecule has 2 rings (SSSR count). The zero-order chi connectivity index (χ0) is 16.9. The molecule has 2 aliphatic rings. The number of hydrogen-bond donors (Lipinski definition) is 2. The van der Waals surface area contributed by atoms with E-state index < -0.39 is 0 Å². The van der Waals surface area contributed by atoms with Crippen LogP contribution in [0.3, 0.4) is 0 Å². The molecule has 2 N–H and O–H groups in total. The van der Waals surface area contributed by atoms with E-state index in [9.17, 15) is 4.79 Å². The first kappa shape index (κ1) is 25.0. The van der Waals surface area contributed by atoms with Crippen molar-refractivity contribution in [1.82, 2.24) is 15.5 Å². The Bertz CT molecular complexity index is 387. The van der Waals surface area contributed by atoms with Gasteiger partial charge in [0, 0.05) is 25.0 Å². The highest BCUT2D eigenvalue weighted by atomic mass is 35.5. The molecule has 0 aromatic rings. The van der Waals surface area contributed by atoms with Gasteiger partial charge in [-0.1, -0.05) is 13.8 Å². The van der Waals surface area contributed by atoms with Crippen molar-refractivity contribution in [2.24, 2.45) is 17.8 Å². The average molecular weight is 396 g/mol. The average Bonchev–Trinajstić information content (AvgIpc) is 2.54. The lowest BCUT2D eigenvalue weighted by Crippen LogP contribution is -2.54. The van der Waals surface area contributed by atoms with E-state index in [4.69, 9.17) is 0 Å². The molecule has 2 aliphatic heterocycles. The van der Waals surface area contributed by atoms with Gasteiger partial charge in [-0.25, -0.2) is 0 Å². The monoisotopic (exact) mass is 395 g/mol. The van der Waals surface area contributed by atoms with Gasteiger partial charge in [0.05, 0.1) is 0 Å². The van der Waals surface area contributed by atoms with Crippen LogP contribution in [-0.4, -0.2) is 49.1 Å². The molecule has 150 valence electrons. The second-order valence-electron chi connectivity index (χ2n) is 8.55. The third-order valence-electron chi connectivity index (χ3n) is 5.93. The van der Waals surface area contributed by atoms with Crippen LogP contribution in [0.1, 0.15) is 59.8 Å². The van der Waals surface area contributed by atoms with Gasteiger partial charge in [-0.2, -0.15) is 0 Å². The first-order chi connectivity index (χ1) is 10.9. The van der Waals surface area contributed by atoms with Crippen molar-refractivity contribution in [3.05, 3.63) is 0 Å². The summed E-state index contributed by atoms with van der Waals surface area (Å²) in [5, 5.41) is 6.61. The quantitative estimate of drug-likeness (QED) is 0.723. The highest BCUT2D eigenvalue weighted by molar-refractivity contribution is 5.85. The molecule has 0 radical (unpaired) electrons. The van der Waals surface area contributed by atoms with Crippen LogP contribution in [-0.2, 0) is 4.79 Å². The summed E-state index contributed by atoms with van der Waals surface area (Å²) in [4.78, 5) is 14.9. The fraction of sp³-hybridized carbons (Fsp3) is 0.947. The minimum Gasteiger partial charge on any atom is -0.354 e. The molecule has 6 heteroatoms. The second kappa shape index (κ2) is 11.6. The van der Waals surface area contributed by atoms with Gasteiger partial charge in [0.1, 0.15) is 0 Å². The lowest BCUT2D eigenvalue weighted by Gasteiger charge is -2.43. The highest BCUT2D eigenvalue weighted by Crippen LogP contribution is 2.25. The molecule has 0 bridgehead atoms. The number of piperidine rings is 2. The minimum atomic E-state index is 0. The summed E-state index contributed by atoms with van der Waals surface area (Å²) in [6.07, 6.45) is 5.73. The molecule has 2 fully saturated rings. The second-order valence-corrected chi connectivity index (χ2v) is 8.55. The summed E-state index contributed by atoms with van der Waals surface area (Å²) in [6.45, 7) is 14.4. The third-order valence-corrected chi connectivity index (χ3v) is 5.93. The lowest BCUT2D eigenvalue weighted by molar-refractivity contribution is -0.123. The Balaban J connectivity index is 0.00000288. The zero-order valence-electron chi connectivity index (χ0n) is 16.5. The molecule has 0 aliphatic carbocycles. The predicted molar refractivity (Wildman–Crippen MR) is 111 cm³/mol. The highest BCUT2D eigenvalue weighted by Gasteiger charge is 2.30. The van der Waals surface area contributed by atoms with Crippen LogP contribution in [0, 0.1) is 17.8 Å². The summed E-state index contributed by atoms with van der Waals surface area (Å²) in [5.74, 6) is 2.21. The largest absolute Gasteiger partial charge is 0.354 e. The summed E-state index contributed by atoms with van der Waals surface area (Å²) in [7, 11) is 0. The van der Waals surface area contributed by atoms with Gasteiger partial charge in [0.15, 0.2) is 0 Å². The van der Waals surface area contributed by atoms with Crippen LogP contribution in [0.2, 0.25) is 0 Å². The Hall–Kier alpha value is -0.0300. The molecule has 2 heterocycles. The Kier molecular flexibility index (Phi) is 11.6. The molecular formula is C19H39Cl2N3O. The van der Waals surface area contributed by atoms with Gasteiger partial charge < -0.3 is 10.6 Å². The maximum atomic E-state index is 12.3. The molecule has 25 heavy (non-hydrogen) atoms. The van der Waals surface area contributed by atoms with E-state index in [1.165, 1.54) is 32.2 Å². The van der Waals surface area contributed by atoms with Crippen molar-refractivity contribution >= 4 is 30.7 Å². The van der Waals surface area contributed by atoms with Gasteiger partial charge in [0.2, 0.25) is 5.91 Å². The molecule has 0 aromatic heterocycles. The van der Waals surface area contributed by atoms with Crippen LogP contribution < -0.4 is 10.6 Å². The first-order valence-corrected chi connectivity index (χ1v) is 9.61. The van der Waals surface area contributed by atoms with E-state index in [1.807, 2.05) is 0 Å². The number of nitrogens with zero attached hydrogens (tertiary/aromatic N) is 1. The lowest BCUT2D eigenvalue weighted by atomic mass is 9.84. The van der Waals surface area contributed by atoms with Gasteiger partial charge in [-0.05, 0) is 76.9 Å². The Morgan fingerprint density at radius 2 is 1.88 bits per heavy atom. The molecule has 0 aromatic carbocycles. The number of likely N-dealkylation sites (tertiary alicyclic amines) is 1.